The molecule has 2 aliphatic carbocycles. The fourth-order valence-electron chi connectivity index (χ4n) is 5.19. The summed E-state index contributed by atoms with van der Waals surface area (Å²) in [6, 6.07) is 3.55. The fourth-order valence-corrected chi connectivity index (χ4v) is 6.03. The first-order valence-corrected chi connectivity index (χ1v) is 14.1. The molecule has 2 aromatic rings. The van der Waals surface area contributed by atoms with Crippen molar-refractivity contribution >= 4 is 28.9 Å². The summed E-state index contributed by atoms with van der Waals surface area (Å²) in [5, 5.41) is 17.8. The van der Waals surface area contributed by atoms with Crippen LogP contribution < -0.4 is 9.64 Å². The predicted molar refractivity (Wildman–Crippen MR) is 145 cm³/mol. The number of hydrogen-bond donors (Lipinski definition) is 1. The van der Waals surface area contributed by atoms with Crippen LogP contribution in [0.3, 0.4) is 0 Å². The average molecular weight is 524 g/mol. The van der Waals surface area contributed by atoms with E-state index in [2.05, 4.69) is 29.0 Å². The molecule has 0 unspecified atom stereocenters. The molecule has 37 heavy (non-hydrogen) atoms. The Labute approximate surface area is 223 Å². The zero-order chi connectivity index (χ0) is 26.6. The van der Waals surface area contributed by atoms with E-state index in [1.165, 1.54) is 0 Å². The van der Waals surface area contributed by atoms with E-state index in [1.807, 2.05) is 31.7 Å². The lowest BCUT2D eigenvalue weighted by Gasteiger charge is -2.39. The van der Waals surface area contributed by atoms with Gasteiger partial charge in [-0.05, 0) is 84.1 Å². The van der Waals surface area contributed by atoms with Gasteiger partial charge in [-0.25, -0.2) is 4.79 Å². The highest BCUT2D eigenvalue weighted by Crippen LogP contribution is 2.39. The molecule has 0 radical (unpaired) electrons. The van der Waals surface area contributed by atoms with Gasteiger partial charge in [-0.1, -0.05) is 18.8 Å². The second-order valence-corrected chi connectivity index (χ2v) is 12.5. The molecule has 2 aliphatic rings. The number of carbonyl (C=O) groups is 2. The molecule has 0 bridgehead atoms. The largest absolute Gasteiger partial charge is 0.489 e. The van der Waals surface area contributed by atoms with Gasteiger partial charge in [-0.3, -0.25) is 4.79 Å². The summed E-state index contributed by atoms with van der Waals surface area (Å²) in [7, 11) is 0. The Bertz CT molecular complexity index is 1150. The van der Waals surface area contributed by atoms with Crippen LogP contribution in [0.25, 0.3) is 0 Å². The van der Waals surface area contributed by atoms with Crippen LogP contribution in [0.5, 0.6) is 5.75 Å². The van der Waals surface area contributed by atoms with Gasteiger partial charge in [0.05, 0.1) is 29.1 Å². The first-order valence-electron chi connectivity index (χ1n) is 13.3. The van der Waals surface area contributed by atoms with Crippen molar-refractivity contribution in [1.82, 2.24) is 10.2 Å². The fraction of sp³-hybridized carbons (Fsp3) is 0.586. The Morgan fingerprint density at radius 2 is 1.78 bits per heavy atom. The summed E-state index contributed by atoms with van der Waals surface area (Å²) < 4.78 is 6.09. The summed E-state index contributed by atoms with van der Waals surface area (Å²) in [5.41, 5.74) is 0.298. The van der Waals surface area contributed by atoms with Gasteiger partial charge < -0.3 is 14.7 Å². The van der Waals surface area contributed by atoms with Crippen molar-refractivity contribution in [2.75, 3.05) is 4.90 Å². The summed E-state index contributed by atoms with van der Waals surface area (Å²) in [6.45, 7) is 8.30. The van der Waals surface area contributed by atoms with Crippen molar-refractivity contribution in [3.05, 3.63) is 34.3 Å². The Hall–Kier alpha value is -2.92. The van der Waals surface area contributed by atoms with E-state index in [0.717, 1.165) is 62.7 Å². The minimum atomic E-state index is -1.01. The quantitative estimate of drug-likeness (QED) is 0.454. The number of ether oxygens (including phenoxy) is 1. The molecule has 198 valence electrons. The molecule has 8 heteroatoms. The number of thiophene rings is 1. The zero-order valence-electron chi connectivity index (χ0n) is 22.2. The maximum atomic E-state index is 14.0. The molecule has 1 N–H and O–H groups in total. The molecule has 1 amide bonds. The molecule has 2 heterocycles. The van der Waals surface area contributed by atoms with Gasteiger partial charge in [0.15, 0.2) is 0 Å². The monoisotopic (exact) mass is 523 g/mol. The van der Waals surface area contributed by atoms with E-state index in [9.17, 15) is 14.7 Å². The molecular weight excluding hydrogens is 486 g/mol. The number of carboxylic acids is 1. The van der Waals surface area contributed by atoms with Gasteiger partial charge in [-0.15, -0.1) is 11.3 Å². The van der Waals surface area contributed by atoms with Crippen molar-refractivity contribution in [2.45, 2.75) is 91.2 Å². The van der Waals surface area contributed by atoms with Gasteiger partial charge in [0.25, 0.3) is 0 Å². The maximum absolute atomic E-state index is 14.0. The molecule has 0 saturated heterocycles. The van der Waals surface area contributed by atoms with E-state index < -0.39 is 5.97 Å². The van der Waals surface area contributed by atoms with Gasteiger partial charge in [0.1, 0.15) is 10.6 Å². The van der Waals surface area contributed by atoms with Crippen molar-refractivity contribution in [2.24, 2.45) is 17.3 Å². The predicted octanol–water partition coefficient (Wildman–Crippen LogP) is 6.18. The molecule has 2 saturated carbocycles. The number of amides is 1. The highest BCUT2D eigenvalue weighted by molar-refractivity contribution is 7.15. The molecule has 2 fully saturated rings. The van der Waals surface area contributed by atoms with Gasteiger partial charge in [0, 0.05) is 23.4 Å². The van der Waals surface area contributed by atoms with Gasteiger partial charge in [-0.2, -0.15) is 10.2 Å². The van der Waals surface area contributed by atoms with Crippen LogP contribution in [0.4, 0.5) is 5.69 Å². The number of carbonyl (C=O) groups excluding carboxylic acids is 1. The van der Waals surface area contributed by atoms with Crippen LogP contribution in [0.15, 0.2) is 24.5 Å². The first kappa shape index (κ1) is 27.1. The molecule has 0 aromatic carbocycles. The highest BCUT2D eigenvalue weighted by atomic mass is 32.1. The van der Waals surface area contributed by atoms with Crippen LogP contribution in [0, 0.1) is 29.1 Å². The second-order valence-electron chi connectivity index (χ2n) is 11.4. The molecule has 0 spiro atoms. The van der Waals surface area contributed by atoms with Gasteiger partial charge in [0.2, 0.25) is 5.91 Å². The van der Waals surface area contributed by atoms with Crippen LogP contribution in [-0.2, 0) is 4.79 Å². The molecule has 4 rings (SSSR count). The first-order chi connectivity index (χ1) is 17.6. The average Bonchev–Trinajstić information content (AvgIpc) is 3.29. The lowest BCUT2D eigenvalue weighted by atomic mass is 9.81. The number of anilines is 1. The van der Waals surface area contributed by atoms with E-state index in [0.29, 0.717) is 22.2 Å². The zero-order valence-corrected chi connectivity index (χ0v) is 23.0. The number of rotatable bonds is 6. The maximum Gasteiger partial charge on any atom is 0.348 e. The minimum Gasteiger partial charge on any atom is -0.489 e. The summed E-state index contributed by atoms with van der Waals surface area (Å²) in [4.78, 5) is 29.0. The molecule has 7 nitrogen and oxygen atoms in total. The van der Waals surface area contributed by atoms with Crippen molar-refractivity contribution in [3.63, 3.8) is 0 Å². The lowest BCUT2D eigenvalue weighted by molar-refractivity contribution is -0.124. The topological polar surface area (TPSA) is 92.6 Å². The van der Waals surface area contributed by atoms with Crippen molar-refractivity contribution in [1.29, 1.82) is 0 Å². The van der Waals surface area contributed by atoms with Crippen LogP contribution >= 0.6 is 11.3 Å². The summed E-state index contributed by atoms with van der Waals surface area (Å²) in [5.74, 6) is 6.65. The van der Waals surface area contributed by atoms with Crippen molar-refractivity contribution in [3.8, 4) is 17.6 Å². The standard InChI is InChI=1S/C29H37N3O4S/c1-19-5-7-20(8-6-19)27(33)32(21-9-11-22(12-10-21)36-23-14-16-30-31-18-23)25-17-24(13-15-29(2,3)4)37-26(25)28(34)35/h14,16-22H,5-12H2,1-4H3,(H,34,35). The second kappa shape index (κ2) is 11.6. The number of aromatic carboxylic acids is 1. The normalized spacial score (nSPS) is 24.0. The van der Waals surface area contributed by atoms with Crippen LogP contribution in [-0.4, -0.2) is 39.3 Å². The Morgan fingerprint density at radius 1 is 1.08 bits per heavy atom. The molecule has 0 aliphatic heterocycles. The molecule has 2 aromatic heterocycles. The molecule has 0 atom stereocenters. The Morgan fingerprint density at radius 3 is 2.38 bits per heavy atom. The number of aromatic nitrogens is 2. The van der Waals surface area contributed by atoms with Crippen LogP contribution in [0.2, 0.25) is 0 Å². The van der Waals surface area contributed by atoms with Gasteiger partial charge >= 0.3 is 5.97 Å². The third kappa shape index (κ3) is 7.10. The SMILES string of the molecule is CC1CCC(C(=O)N(c2cc(C#CC(C)(C)C)sc2C(=O)O)C2CCC(Oc3ccnnc3)CC2)CC1. The Kier molecular flexibility index (Phi) is 8.53. The van der Waals surface area contributed by atoms with E-state index in [1.54, 1.807) is 18.5 Å². The smallest absolute Gasteiger partial charge is 0.348 e. The summed E-state index contributed by atoms with van der Waals surface area (Å²) in [6.07, 6.45) is 10.1. The summed E-state index contributed by atoms with van der Waals surface area (Å²) >= 11 is 1.16. The minimum absolute atomic E-state index is 0.0302. The van der Waals surface area contributed by atoms with Crippen molar-refractivity contribution < 1.29 is 19.4 Å². The van der Waals surface area contributed by atoms with Crippen LogP contribution in [0.1, 0.15) is 93.6 Å². The highest BCUT2D eigenvalue weighted by Gasteiger charge is 2.37. The number of nitrogens with zero attached hydrogens (tertiary/aromatic N) is 3. The van der Waals surface area contributed by atoms with E-state index in [-0.39, 0.29) is 34.3 Å². The van der Waals surface area contributed by atoms with E-state index in [4.69, 9.17) is 4.74 Å². The molecular formula is C29H37N3O4S. The lowest BCUT2D eigenvalue weighted by Crippen LogP contribution is -2.47. The number of carboxylic acid groups (broad SMARTS) is 1. The Balaban J connectivity index is 1.61. The third-order valence-electron chi connectivity index (χ3n) is 7.20. The van der Waals surface area contributed by atoms with E-state index >= 15 is 0 Å². The third-order valence-corrected chi connectivity index (χ3v) is 8.23. The number of hydrogen-bond acceptors (Lipinski definition) is 6.